The van der Waals surface area contributed by atoms with Crippen molar-refractivity contribution in [2.24, 2.45) is 0 Å². The van der Waals surface area contributed by atoms with E-state index < -0.39 is 0 Å². The van der Waals surface area contributed by atoms with Crippen LogP contribution in [0.3, 0.4) is 0 Å². The zero-order valence-electron chi connectivity index (χ0n) is 12.2. The predicted molar refractivity (Wildman–Crippen MR) is 85.3 cm³/mol. The third-order valence-electron chi connectivity index (χ3n) is 3.09. The molecule has 2 aromatic rings. The smallest absolute Gasteiger partial charge is 0.120 e. The number of nitrogens with zero attached hydrogens (tertiary/aromatic N) is 1. The van der Waals surface area contributed by atoms with E-state index >= 15 is 0 Å². The summed E-state index contributed by atoms with van der Waals surface area (Å²) in [5, 5.41) is 3.29. The normalized spacial score (nSPS) is 11.4. The van der Waals surface area contributed by atoms with E-state index in [-0.39, 0.29) is 0 Å². The Labute approximate surface area is 129 Å². The minimum absolute atomic E-state index is 0.798. The van der Waals surface area contributed by atoms with E-state index in [4.69, 9.17) is 16.0 Å². The van der Waals surface area contributed by atoms with E-state index in [0.29, 0.717) is 0 Å². The van der Waals surface area contributed by atoms with Crippen molar-refractivity contribution in [2.45, 2.75) is 33.5 Å². The first kappa shape index (κ1) is 15.6. The van der Waals surface area contributed by atoms with Crippen LogP contribution < -0.4 is 5.32 Å². The molecule has 0 spiro atoms. The van der Waals surface area contributed by atoms with Crippen LogP contribution in [0.4, 0.5) is 0 Å². The molecule has 0 radical (unpaired) electrons. The Morgan fingerprint density at radius 1 is 1.35 bits per heavy atom. The molecule has 0 atom stereocenters. The highest BCUT2D eigenvalue weighted by molar-refractivity contribution is 7.16. The highest BCUT2D eigenvalue weighted by Gasteiger charge is 2.10. The second kappa shape index (κ2) is 7.27. The summed E-state index contributed by atoms with van der Waals surface area (Å²) in [5.74, 6) is 2.05. The molecule has 2 heterocycles. The molecule has 5 heteroatoms. The lowest BCUT2D eigenvalue weighted by atomic mass is 10.2. The number of halogens is 1. The van der Waals surface area contributed by atoms with Crippen molar-refractivity contribution in [3.05, 3.63) is 44.5 Å². The van der Waals surface area contributed by atoms with Crippen LogP contribution in [0.15, 0.2) is 22.6 Å². The summed E-state index contributed by atoms with van der Waals surface area (Å²) in [5.41, 5.74) is 1.22. The standard InChI is InChI=1S/C15H21ClN2OS/c1-4-17-8-14-11(2)7-12(19-14)9-18(3)10-13-5-6-15(16)20-13/h5-7,17H,4,8-10H2,1-3H3. The lowest BCUT2D eigenvalue weighted by molar-refractivity contribution is 0.284. The van der Waals surface area contributed by atoms with Gasteiger partial charge in [-0.2, -0.15) is 0 Å². The van der Waals surface area contributed by atoms with Crippen LogP contribution in [0.25, 0.3) is 0 Å². The van der Waals surface area contributed by atoms with Crippen LogP contribution in [0.5, 0.6) is 0 Å². The number of nitrogens with one attached hydrogen (secondary N) is 1. The van der Waals surface area contributed by atoms with Gasteiger partial charge in [-0.25, -0.2) is 0 Å². The maximum absolute atomic E-state index is 5.95. The van der Waals surface area contributed by atoms with Gasteiger partial charge in [-0.3, -0.25) is 4.90 Å². The Morgan fingerprint density at radius 3 is 2.80 bits per heavy atom. The fourth-order valence-electron chi connectivity index (χ4n) is 2.11. The van der Waals surface area contributed by atoms with Gasteiger partial charge in [-0.05, 0) is 44.3 Å². The Balaban J connectivity index is 1.92. The molecule has 0 saturated heterocycles. The van der Waals surface area contributed by atoms with Crippen molar-refractivity contribution in [3.8, 4) is 0 Å². The molecular weight excluding hydrogens is 292 g/mol. The summed E-state index contributed by atoms with van der Waals surface area (Å²) in [7, 11) is 2.09. The highest BCUT2D eigenvalue weighted by Crippen LogP contribution is 2.23. The fraction of sp³-hybridized carbons (Fsp3) is 0.467. The zero-order valence-corrected chi connectivity index (χ0v) is 13.8. The molecule has 20 heavy (non-hydrogen) atoms. The molecule has 1 N–H and O–H groups in total. The Hall–Kier alpha value is -0.810. The van der Waals surface area contributed by atoms with Gasteiger partial charge >= 0.3 is 0 Å². The second-order valence-corrected chi connectivity index (χ2v) is 6.78. The summed E-state index contributed by atoms with van der Waals surface area (Å²) in [6.45, 7) is 7.64. The number of hydrogen-bond donors (Lipinski definition) is 1. The number of aryl methyl sites for hydroxylation is 1. The third-order valence-corrected chi connectivity index (χ3v) is 4.30. The molecule has 0 fully saturated rings. The maximum atomic E-state index is 5.95. The van der Waals surface area contributed by atoms with Crippen molar-refractivity contribution in [2.75, 3.05) is 13.6 Å². The number of furan rings is 1. The van der Waals surface area contributed by atoms with Gasteiger partial charge in [0.2, 0.25) is 0 Å². The van der Waals surface area contributed by atoms with Crippen LogP contribution in [-0.2, 0) is 19.6 Å². The van der Waals surface area contributed by atoms with E-state index in [0.717, 1.165) is 42.0 Å². The van der Waals surface area contributed by atoms with Crippen LogP contribution in [-0.4, -0.2) is 18.5 Å². The zero-order chi connectivity index (χ0) is 14.5. The molecule has 0 aliphatic heterocycles. The molecule has 3 nitrogen and oxygen atoms in total. The molecule has 2 rings (SSSR count). The minimum atomic E-state index is 0.798. The van der Waals surface area contributed by atoms with Gasteiger partial charge in [0.25, 0.3) is 0 Å². The molecule has 0 bridgehead atoms. The van der Waals surface area contributed by atoms with Gasteiger partial charge in [0.05, 0.1) is 17.4 Å². The van der Waals surface area contributed by atoms with Gasteiger partial charge in [-0.15, -0.1) is 11.3 Å². The van der Waals surface area contributed by atoms with E-state index in [2.05, 4.69) is 43.2 Å². The van der Waals surface area contributed by atoms with E-state index in [1.165, 1.54) is 10.4 Å². The highest BCUT2D eigenvalue weighted by atomic mass is 35.5. The summed E-state index contributed by atoms with van der Waals surface area (Å²) in [6, 6.07) is 6.15. The van der Waals surface area contributed by atoms with Crippen molar-refractivity contribution in [3.63, 3.8) is 0 Å². The van der Waals surface area contributed by atoms with Crippen molar-refractivity contribution >= 4 is 22.9 Å². The molecule has 110 valence electrons. The number of hydrogen-bond acceptors (Lipinski definition) is 4. The maximum Gasteiger partial charge on any atom is 0.120 e. The average Bonchev–Trinajstić information content (AvgIpc) is 2.93. The summed E-state index contributed by atoms with van der Waals surface area (Å²) < 4.78 is 6.75. The van der Waals surface area contributed by atoms with E-state index in [9.17, 15) is 0 Å². The fourth-order valence-corrected chi connectivity index (χ4v) is 3.27. The first-order valence-electron chi connectivity index (χ1n) is 6.80. The first-order chi connectivity index (χ1) is 9.58. The Kier molecular flexibility index (Phi) is 5.66. The van der Waals surface area contributed by atoms with Crippen molar-refractivity contribution in [1.29, 1.82) is 0 Å². The lowest BCUT2D eigenvalue weighted by Crippen LogP contribution is -2.16. The van der Waals surface area contributed by atoms with Crippen LogP contribution in [0, 0.1) is 6.92 Å². The second-order valence-electron chi connectivity index (χ2n) is 4.98. The van der Waals surface area contributed by atoms with E-state index in [1.54, 1.807) is 11.3 Å². The molecule has 0 aliphatic rings. The summed E-state index contributed by atoms with van der Waals surface area (Å²) in [4.78, 5) is 3.51. The van der Waals surface area contributed by atoms with Gasteiger partial charge in [0.1, 0.15) is 11.5 Å². The predicted octanol–water partition coefficient (Wildman–Crippen LogP) is 4.04. The van der Waals surface area contributed by atoms with Crippen molar-refractivity contribution in [1.82, 2.24) is 10.2 Å². The molecule has 0 aromatic carbocycles. The monoisotopic (exact) mass is 312 g/mol. The number of thiophene rings is 1. The first-order valence-corrected chi connectivity index (χ1v) is 7.99. The molecule has 0 saturated carbocycles. The quantitative estimate of drug-likeness (QED) is 0.836. The molecule has 2 aromatic heterocycles. The van der Waals surface area contributed by atoms with Crippen LogP contribution in [0.1, 0.15) is 28.9 Å². The van der Waals surface area contributed by atoms with Crippen LogP contribution in [0.2, 0.25) is 4.34 Å². The molecular formula is C15H21ClN2OS. The molecule has 0 amide bonds. The van der Waals surface area contributed by atoms with Crippen LogP contribution >= 0.6 is 22.9 Å². The summed E-state index contributed by atoms with van der Waals surface area (Å²) in [6.07, 6.45) is 0. The Bertz CT molecular complexity index is 550. The topological polar surface area (TPSA) is 28.4 Å². The van der Waals surface area contributed by atoms with Gasteiger partial charge < -0.3 is 9.73 Å². The third kappa shape index (κ3) is 4.35. The van der Waals surface area contributed by atoms with Gasteiger partial charge in [0.15, 0.2) is 0 Å². The lowest BCUT2D eigenvalue weighted by Gasteiger charge is -2.13. The minimum Gasteiger partial charge on any atom is -0.463 e. The molecule has 0 unspecified atom stereocenters. The van der Waals surface area contributed by atoms with E-state index in [1.807, 2.05) is 6.07 Å². The molecule has 0 aliphatic carbocycles. The SMILES string of the molecule is CCNCc1oc(CN(C)Cc2ccc(Cl)s2)cc1C. The van der Waals surface area contributed by atoms with Crippen molar-refractivity contribution < 1.29 is 4.42 Å². The average molecular weight is 313 g/mol. The Morgan fingerprint density at radius 2 is 2.15 bits per heavy atom. The van der Waals surface area contributed by atoms with Gasteiger partial charge in [0, 0.05) is 11.4 Å². The largest absolute Gasteiger partial charge is 0.463 e. The van der Waals surface area contributed by atoms with Gasteiger partial charge in [-0.1, -0.05) is 18.5 Å². The number of rotatable bonds is 7. The summed E-state index contributed by atoms with van der Waals surface area (Å²) >= 11 is 7.58.